The molecule has 129 valence electrons. The molecule has 0 amide bonds. The second kappa shape index (κ2) is 8.56. The molecule has 26 heavy (non-hydrogen) atoms. The molecule has 1 aliphatic heterocycles. The van der Waals surface area contributed by atoms with Crippen LogP contribution in [0.2, 0.25) is 0 Å². The quantitative estimate of drug-likeness (QED) is 0.430. The van der Waals surface area contributed by atoms with Gasteiger partial charge in [0.15, 0.2) is 0 Å². The lowest BCUT2D eigenvalue weighted by atomic mass is 10.0. The molecular weight excluding hydrogens is 334 g/mol. The summed E-state index contributed by atoms with van der Waals surface area (Å²) in [6.45, 7) is 0. The minimum Gasteiger partial charge on any atom is -0.497 e. The molecule has 4 rings (SSSR count). The SMILES string of the molecule is COc1ccc(P2[C@H](c3ccccc3)CC[C@H]2c2ccccc2)cc1.[B]. The summed E-state index contributed by atoms with van der Waals surface area (Å²) in [4.78, 5) is 0. The molecule has 1 aliphatic rings. The van der Waals surface area contributed by atoms with Crippen LogP contribution in [-0.4, -0.2) is 15.5 Å². The maximum absolute atomic E-state index is 5.36. The maximum Gasteiger partial charge on any atom is 0.118 e. The van der Waals surface area contributed by atoms with E-state index in [9.17, 15) is 0 Å². The zero-order valence-corrected chi connectivity index (χ0v) is 16.0. The van der Waals surface area contributed by atoms with Crippen LogP contribution in [0, 0.1) is 0 Å². The summed E-state index contributed by atoms with van der Waals surface area (Å²) in [5, 5.41) is 1.48. The van der Waals surface area contributed by atoms with E-state index in [0.717, 1.165) is 5.75 Å². The molecule has 2 atom stereocenters. The molecule has 1 nitrogen and oxygen atoms in total. The van der Waals surface area contributed by atoms with E-state index in [1.54, 1.807) is 7.11 Å². The van der Waals surface area contributed by atoms with Gasteiger partial charge in [-0.1, -0.05) is 80.7 Å². The van der Waals surface area contributed by atoms with Gasteiger partial charge in [-0.15, -0.1) is 0 Å². The van der Waals surface area contributed by atoms with Crippen LogP contribution in [0.1, 0.15) is 35.3 Å². The Labute approximate surface area is 159 Å². The summed E-state index contributed by atoms with van der Waals surface area (Å²) in [5.74, 6) is 0.936. The Morgan fingerprint density at radius 1 is 0.692 bits per heavy atom. The molecule has 0 bridgehead atoms. The molecule has 1 fully saturated rings. The van der Waals surface area contributed by atoms with Gasteiger partial charge in [-0.05, 0) is 41.4 Å². The van der Waals surface area contributed by atoms with Crippen LogP contribution in [0.25, 0.3) is 0 Å². The molecule has 0 aromatic heterocycles. The van der Waals surface area contributed by atoms with Crippen molar-refractivity contribution in [2.24, 2.45) is 0 Å². The fraction of sp³-hybridized carbons (Fsp3) is 0.217. The van der Waals surface area contributed by atoms with Gasteiger partial charge in [0.05, 0.1) is 7.11 Å². The molecule has 0 spiro atoms. The van der Waals surface area contributed by atoms with E-state index in [1.165, 1.54) is 29.3 Å². The van der Waals surface area contributed by atoms with Crippen LogP contribution in [0.4, 0.5) is 0 Å². The molecular formula is C23H23BOP. The molecule has 3 aromatic carbocycles. The Morgan fingerprint density at radius 3 is 1.58 bits per heavy atom. The average Bonchev–Trinajstić information content (AvgIpc) is 3.14. The summed E-state index contributed by atoms with van der Waals surface area (Å²) in [6, 6.07) is 30.9. The van der Waals surface area contributed by atoms with Crippen molar-refractivity contribution in [1.82, 2.24) is 0 Å². The van der Waals surface area contributed by atoms with Crippen molar-refractivity contribution in [3.05, 3.63) is 96.1 Å². The van der Waals surface area contributed by atoms with E-state index in [-0.39, 0.29) is 16.3 Å². The van der Waals surface area contributed by atoms with E-state index >= 15 is 0 Å². The number of benzene rings is 3. The van der Waals surface area contributed by atoms with Gasteiger partial charge >= 0.3 is 0 Å². The first-order valence-corrected chi connectivity index (χ1v) is 10.4. The standard InChI is InChI=1S/C23H23OP.B/c1-24-20-12-14-21(15-13-20)25-22(18-8-4-2-5-9-18)16-17-23(25)19-10-6-3-7-11-19;/h2-15,22-23H,16-17H2,1H3;/t22-,23-;/m0./s1. The molecule has 1 saturated heterocycles. The van der Waals surface area contributed by atoms with E-state index in [0.29, 0.717) is 11.3 Å². The predicted molar refractivity (Wildman–Crippen MR) is 113 cm³/mol. The third kappa shape index (κ3) is 3.71. The van der Waals surface area contributed by atoms with Crippen molar-refractivity contribution in [3.63, 3.8) is 0 Å². The van der Waals surface area contributed by atoms with Crippen LogP contribution >= 0.6 is 7.92 Å². The topological polar surface area (TPSA) is 9.23 Å². The molecule has 3 heteroatoms. The highest BCUT2D eigenvalue weighted by Gasteiger charge is 2.38. The van der Waals surface area contributed by atoms with E-state index < -0.39 is 0 Å². The first kappa shape index (κ1) is 18.7. The van der Waals surface area contributed by atoms with Gasteiger partial charge < -0.3 is 4.74 Å². The van der Waals surface area contributed by atoms with Crippen LogP contribution in [0.5, 0.6) is 5.75 Å². The predicted octanol–water partition coefficient (Wildman–Crippen LogP) is 5.70. The van der Waals surface area contributed by atoms with Gasteiger partial charge in [-0.25, -0.2) is 0 Å². The van der Waals surface area contributed by atoms with E-state index in [2.05, 4.69) is 84.9 Å². The Hall–Kier alpha value is -2.05. The highest BCUT2D eigenvalue weighted by molar-refractivity contribution is 7.66. The first-order chi connectivity index (χ1) is 12.4. The van der Waals surface area contributed by atoms with Gasteiger partial charge in [-0.3, -0.25) is 0 Å². The number of rotatable bonds is 4. The molecule has 1 heterocycles. The molecule has 3 radical (unpaired) electrons. The van der Waals surface area contributed by atoms with Crippen molar-refractivity contribution in [1.29, 1.82) is 0 Å². The normalized spacial score (nSPS) is 19.7. The summed E-state index contributed by atoms with van der Waals surface area (Å²) >= 11 is 0. The van der Waals surface area contributed by atoms with Crippen molar-refractivity contribution < 1.29 is 4.74 Å². The number of hydrogen-bond donors (Lipinski definition) is 0. The van der Waals surface area contributed by atoms with Crippen molar-refractivity contribution in [3.8, 4) is 5.75 Å². The summed E-state index contributed by atoms with van der Waals surface area (Å²) < 4.78 is 5.36. The zero-order valence-electron chi connectivity index (χ0n) is 15.1. The number of ether oxygens (including phenoxy) is 1. The first-order valence-electron chi connectivity index (χ1n) is 8.89. The highest BCUT2D eigenvalue weighted by Crippen LogP contribution is 2.69. The monoisotopic (exact) mass is 357 g/mol. The van der Waals surface area contributed by atoms with Crippen LogP contribution in [0.3, 0.4) is 0 Å². The smallest absolute Gasteiger partial charge is 0.118 e. The maximum atomic E-state index is 5.36. The van der Waals surface area contributed by atoms with Crippen molar-refractivity contribution in [2.45, 2.75) is 24.2 Å². The number of methoxy groups -OCH3 is 1. The van der Waals surface area contributed by atoms with Gasteiger partial charge in [0.25, 0.3) is 0 Å². The molecule has 0 unspecified atom stereocenters. The fourth-order valence-electron chi connectivity index (χ4n) is 3.93. The lowest BCUT2D eigenvalue weighted by Crippen LogP contribution is -2.07. The Kier molecular flexibility index (Phi) is 6.17. The van der Waals surface area contributed by atoms with Crippen LogP contribution < -0.4 is 10.0 Å². The summed E-state index contributed by atoms with van der Waals surface area (Å²) in [7, 11) is 1.44. The Balaban J connectivity index is 0.00000196. The lowest BCUT2D eigenvalue weighted by molar-refractivity contribution is 0.415. The summed E-state index contributed by atoms with van der Waals surface area (Å²) in [5.41, 5.74) is 4.25. The van der Waals surface area contributed by atoms with Gasteiger partial charge in [0.2, 0.25) is 0 Å². The third-order valence-electron chi connectivity index (χ3n) is 5.12. The average molecular weight is 357 g/mol. The molecule has 0 N–H and O–H groups in total. The lowest BCUT2D eigenvalue weighted by Gasteiger charge is -2.27. The number of hydrogen-bond acceptors (Lipinski definition) is 1. The second-order valence-electron chi connectivity index (χ2n) is 6.54. The molecule has 0 saturated carbocycles. The minimum absolute atomic E-state index is 0. The second-order valence-corrected chi connectivity index (χ2v) is 9.11. The molecule has 3 aromatic rings. The van der Waals surface area contributed by atoms with Gasteiger partial charge in [-0.2, -0.15) is 0 Å². The largest absolute Gasteiger partial charge is 0.497 e. The minimum atomic E-state index is -0.293. The highest BCUT2D eigenvalue weighted by atomic mass is 31.1. The van der Waals surface area contributed by atoms with Gasteiger partial charge in [0, 0.05) is 19.7 Å². The van der Waals surface area contributed by atoms with Crippen molar-refractivity contribution >= 4 is 21.6 Å². The van der Waals surface area contributed by atoms with Gasteiger partial charge in [0.1, 0.15) is 5.75 Å². The Morgan fingerprint density at radius 2 is 1.15 bits per heavy atom. The van der Waals surface area contributed by atoms with E-state index in [1.807, 2.05) is 0 Å². The zero-order chi connectivity index (χ0) is 17.1. The van der Waals surface area contributed by atoms with E-state index in [4.69, 9.17) is 4.74 Å². The third-order valence-corrected chi connectivity index (χ3v) is 8.47. The Bertz CT molecular complexity index is 757. The fourth-order valence-corrected chi connectivity index (χ4v) is 7.42. The molecule has 0 aliphatic carbocycles. The van der Waals surface area contributed by atoms with Crippen LogP contribution in [0.15, 0.2) is 84.9 Å². The summed E-state index contributed by atoms with van der Waals surface area (Å²) in [6.07, 6.45) is 2.53. The van der Waals surface area contributed by atoms with Crippen molar-refractivity contribution in [2.75, 3.05) is 7.11 Å². The van der Waals surface area contributed by atoms with Crippen LogP contribution in [-0.2, 0) is 0 Å².